The topological polar surface area (TPSA) is 92.5 Å². The lowest BCUT2D eigenvalue weighted by Gasteiger charge is -2.32. The first-order valence-corrected chi connectivity index (χ1v) is 17.3. The third-order valence-electron chi connectivity index (χ3n) is 5.14. The van der Waals surface area contributed by atoms with Gasteiger partial charge in [0.05, 0.1) is 13.2 Å². The van der Waals surface area contributed by atoms with Gasteiger partial charge < -0.3 is 27.1 Å². The lowest BCUT2D eigenvalue weighted by Crippen LogP contribution is -2.09. The summed E-state index contributed by atoms with van der Waals surface area (Å²) in [4.78, 5) is 0. The fraction of sp³-hybridized carbons (Fsp3) is 0.143. The fourth-order valence-electron chi connectivity index (χ4n) is 3.62. The highest BCUT2D eigenvalue weighted by atomic mass is 31.3. The second kappa shape index (κ2) is 12.9. The van der Waals surface area contributed by atoms with E-state index in [1.165, 1.54) is 0 Å². The lowest BCUT2D eigenvalue weighted by atomic mass is 10.3. The van der Waals surface area contributed by atoms with Crippen LogP contribution in [0.3, 0.4) is 0 Å². The van der Waals surface area contributed by atoms with Crippen molar-refractivity contribution in [3.8, 4) is 23.0 Å². The van der Waals surface area contributed by atoms with Crippen LogP contribution >= 0.6 is 23.0 Å². The van der Waals surface area contributed by atoms with Gasteiger partial charge in [0.25, 0.3) is 0 Å². The van der Waals surface area contributed by atoms with Crippen molar-refractivity contribution in [3.63, 3.8) is 0 Å². The zero-order chi connectivity index (χ0) is 27.7. The minimum absolute atomic E-state index is 0.272. The summed E-state index contributed by atoms with van der Waals surface area (Å²) < 4.78 is 53.6. The van der Waals surface area contributed by atoms with Crippen LogP contribution in [0.25, 0.3) is 0 Å². The second-order valence-electron chi connectivity index (χ2n) is 8.19. The molecule has 0 saturated carbocycles. The maximum absolute atomic E-state index is 6.56. The molecule has 0 unspecified atom stereocenters. The number of rotatable bonds is 12. The van der Waals surface area contributed by atoms with Crippen molar-refractivity contribution >= 4 is 23.0 Å². The average molecular weight is 597 g/mol. The minimum Gasteiger partial charge on any atom is -0.413 e. The molecule has 12 heteroatoms. The van der Waals surface area contributed by atoms with E-state index in [1.807, 2.05) is 135 Å². The Morgan fingerprint density at radius 2 is 0.650 bits per heavy atom. The van der Waals surface area contributed by atoms with Crippen molar-refractivity contribution in [2.45, 2.75) is 13.8 Å². The molecule has 0 N–H and O–H groups in total. The van der Waals surface area contributed by atoms with Gasteiger partial charge in [-0.05, 0) is 62.4 Å². The molecular formula is C28H30N3O6P3. The molecule has 0 atom stereocenters. The molecule has 1 aliphatic heterocycles. The summed E-state index contributed by atoms with van der Waals surface area (Å²) in [5.41, 5.74) is 0. The Balaban J connectivity index is 1.80. The van der Waals surface area contributed by atoms with Crippen LogP contribution in [-0.2, 0) is 9.05 Å². The molecule has 0 radical (unpaired) electrons. The van der Waals surface area contributed by atoms with Crippen LogP contribution in [0.15, 0.2) is 135 Å². The number of hydrogen-bond acceptors (Lipinski definition) is 9. The summed E-state index contributed by atoms with van der Waals surface area (Å²) in [7, 11) is -10.7. The minimum atomic E-state index is -3.66. The summed E-state index contributed by atoms with van der Waals surface area (Å²) in [6.45, 7) is 4.25. The molecule has 40 heavy (non-hydrogen) atoms. The van der Waals surface area contributed by atoms with E-state index in [0.29, 0.717) is 23.0 Å². The van der Waals surface area contributed by atoms with Crippen molar-refractivity contribution in [3.05, 3.63) is 121 Å². The maximum atomic E-state index is 6.56. The van der Waals surface area contributed by atoms with Crippen molar-refractivity contribution in [1.82, 2.24) is 0 Å². The first kappa shape index (κ1) is 28.2. The Hall–Kier alpha value is -3.31. The Kier molecular flexibility index (Phi) is 9.11. The van der Waals surface area contributed by atoms with Gasteiger partial charge in [-0.1, -0.05) is 77.3 Å². The zero-order valence-electron chi connectivity index (χ0n) is 22.1. The van der Waals surface area contributed by atoms with Crippen LogP contribution in [0.4, 0.5) is 0 Å². The molecule has 1 aliphatic rings. The normalized spacial score (nSPS) is 16.4. The third kappa shape index (κ3) is 7.06. The predicted octanol–water partition coefficient (Wildman–Crippen LogP) is 10.2. The first-order chi connectivity index (χ1) is 19.6. The number of nitrogens with zero attached hydrogens (tertiary/aromatic N) is 3. The van der Waals surface area contributed by atoms with E-state index >= 15 is 0 Å². The molecule has 1 heterocycles. The second-order valence-corrected chi connectivity index (χ2v) is 14.5. The molecule has 0 aliphatic carbocycles. The highest BCUT2D eigenvalue weighted by Crippen LogP contribution is 2.79. The molecule has 5 rings (SSSR count). The van der Waals surface area contributed by atoms with E-state index in [1.54, 1.807) is 0 Å². The lowest BCUT2D eigenvalue weighted by molar-refractivity contribution is 0.259. The van der Waals surface area contributed by atoms with Crippen molar-refractivity contribution in [2.75, 3.05) is 13.2 Å². The molecule has 0 fully saturated rings. The van der Waals surface area contributed by atoms with Crippen molar-refractivity contribution < 1.29 is 27.1 Å². The van der Waals surface area contributed by atoms with Crippen molar-refractivity contribution in [1.29, 1.82) is 0 Å². The van der Waals surface area contributed by atoms with E-state index in [0.717, 1.165) is 0 Å². The largest absolute Gasteiger partial charge is 0.459 e. The smallest absolute Gasteiger partial charge is 0.413 e. The van der Waals surface area contributed by atoms with Crippen LogP contribution in [0.2, 0.25) is 0 Å². The van der Waals surface area contributed by atoms with E-state index in [4.69, 9.17) is 40.7 Å². The van der Waals surface area contributed by atoms with Gasteiger partial charge in [-0.15, -0.1) is 9.03 Å². The van der Waals surface area contributed by atoms with Gasteiger partial charge in [-0.2, -0.15) is 0 Å². The van der Waals surface area contributed by atoms with Gasteiger partial charge >= 0.3 is 23.0 Å². The van der Waals surface area contributed by atoms with E-state index in [9.17, 15) is 0 Å². The summed E-state index contributed by atoms with van der Waals surface area (Å²) in [5, 5.41) is 0. The van der Waals surface area contributed by atoms with Crippen LogP contribution in [0.5, 0.6) is 23.0 Å². The SMILES string of the molecule is CCOP1(OCC)=NP(Oc2ccccc2)(Oc2ccccc2)=NP(Oc2ccccc2)(Oc2ccccc2)=N1. The fourth-order valence-corrected chi connectivity index (χ4v) is 12.8. The van der Waals surface area contributed by atoms with Gasteiger partial charge in [0.2, 0.25) is 0 Å². The molecular weight excluding hydrogens is 567 g/mol. The molecule has 0 bridgehead atoms. The van der Waals surface area contributed by atoms with E-state index in [2.05, 4.69) is 0 Å². The monoisotopic (exact) mass is 597 g/mol. The molecule has 0 spiro atoms. The molecule has 0 saturated heterocycles. The van der Waals surface area contributed by atoms with Gasteiger partial charge in [0, 0.05) is 0 Å². The van der Waals surface area contributed by atoms with Gasteiger partial charge in [-0.3, -0.25) is 0 Å². The van der Waals surface area contributed by atoms with E-state index in [-0.39, 0.29) is 13.2 Å². The van der Waals surface area contributed by atoms with Gasteiger partial charge in [0.15, 0.2) is 0 Å². The van der Waals surface area contributed by atoms with Crippen LogP contribution in [-0.4, -0.2) is 13.2 Å². The zero-order valence-corrected chi connectivity index (χ0v) is 24.8. The number of para-hydroxylation sites is 4. The Bertz CT molecular complexity index is 1370. The summed E-state index contributed by atoms with van der Waals surface area (Å²) in [6.07, 6.45) is 0. The predicted molar refractivity (Wildman–Crippen MR) is 160 cm³/mol. The van der Waals surface area contributed by atoms with Crippen LogP contribution in [0.1, 0.15) is 13.8 Å². The highest BCUT2D eigenvalue weighted by Gasteiger charge is 2.46. The maximum Gasteiger partial charge on any atom is 0.459 e. The number of benzene rings is 4. The van der Waals surface area contributed by atoms with Crippen LogP contribution in [0, 0.1) is 0 Å². The average Bonchev–Trinajstić information content (AvgIpc) is 2.95. The number of hydrogen-bond donors (Lipinski definition) is 0. The molecule has 0 aromatic heterocycles. The molecule has 208 valence electrons. The third-order valence-corrected chi connectivity index (χ3v) is 13.6. The summed E-state index contributed by atoms with van der Waals surface area (Å²) in [6, 6.07) is 36.9. The molecule has 0 amide bonds. The Labute approximate surface area is 234 Å². The molecule has 9 nitrogen and oxygen atoms in total. The van der Waals surface area contributed by atoms with Crippen molar-refractivity contribution in [2.24, 2.45) is 13.5 Å². The summed E-state index contributed by atoms with van der Waals surface area (Å²) >= 11 is 0. The Morgan fingerprint density at radius 3 is 0.925 bits per heavy atom. The highest BCUT2D eigenvalue weighted by molar-refractivity contribution is 7.78. The Morgan fingerprint density at radius 1 is 0.400 bits per heavy atom. The summed E-state index contributed by atoms with van der Waals surface area (Å²) in [5.74, 6) is 2.02. The van der Waals surface area contributed by atoms with Crippen LogP contribution < -0.4 is 18.1 Å². The van der Waals surface area contributed by atoms with E-state index < -0.39 is 23.0 Å². The van der Waals surface area contributed by atoms with Gasteiger partial charge in [0.1, 0.15) is 23.0 Å². The molecule has 4 aromatic rings. The first-order valence-electron chi connectivity index (χ1n) is 12.7. The standard InChI is InChI=1S/C28H30N3O6P3/c1-3-32-38(33-4-2)29-39(34-25-17-9-5-10-18-25,35-26-19-11-6-12-20-26)31-40(30-38,36-27-21-13-7-14-22-27)37-28-23-15-8-16-24-28/h5-24H,3-4H2,1-2H3. The quantitative estimate of drug-likeness (QED) is 0.151. The van der Waals surface area contributed by atoms with Gasteiger partial charge in [-0.25, -0.2) is 0 Å². The molecule has 4 aromatic carbocycles.